The Kier molecular flexibility index (Phi) is 4.61. The van der Waals surface area contributed by atoms with E-state index in [2.05, 4.69) is 36.3 Å². The van der Waals surface area contributed by atoms with E-state index in [9.17, 15) is 4.79 Å². The van der Waals surface area contributed by atoms with E-state index in [-0.39, 0.29) is 11.9 Å². The van der Waals surface area contributed by atoms with Crippen molar-refractivity contribution < 1.29 is 4.79 Å². The first-order valence-corrected chi connectivity index (χ1v) is 8.91. The fraction of sp³-hybridized carbons (Fsp3) is 0.350. The lowest BCUT2D eigenvalue weighted by molar-refractivity contribution is -0.131. The van der Waals surface area contributed by atoms with E-state index < -0.39 is 11.5 Å². The lowest BCUT2D eigenvalue weighted by Gasteiger charge is -2.46. The van der Waals surface area contributed by atoms with Crippen molar-refractivity contribution in [3.8, 4) is 0 Å². The third kappa shape index (κ3) is 3.00. The van der Waals surface area contributed by atoms with Crippen LogP contribution in [0.4, 0.5) is 0 Å². The molecule has 6 heteroatoms. The molecular formula is C20H25BN4O. The molecule has 0 bridgehead atoms. The van der Waals surface area contributed by atoms with Gasteiger partial charge < -0.3 is 5.32 Å². The summed E-state index contributed by atoms with van der Waals surface area (Å²) in [6.45, 7) is 6.30. The molecule has 0 saturated carbocycles. The van der Waals surface area contributed by atoms with E-state index in [1.54, 1.807) is 13.2 Å². The first-order chi connectivity index (χ1) is 12.2. The van der Waals surface area contributed by atoms with Gasteiger partial charge in [-0.05, 0) is 47.3 Å². The van der Waals surface area contributed by atoms with Gasteiger partial charge in [0.25, 0.3) is 0 Å². The number of nitrogens with zero attached hydrogens (tertiary/aromatic N) is 2. The summed E-state index contributed by atoms with van der Waals surface area (Å²) < 4.78 is 0. The Morgan fingerprint density at radius 2 is 1.92 bits per heavy atom. The number of nitrogens with one attached hydrogen (secondary N) is 2. The Morgan fingerprint density at radius 1 is 1.27 bits per heavy atom. The highest BCUT2D eigenvalue weighted by Gasteiger charge is 2.48. The molecule has 1 amide bonds. The Balaban J connectivity index is 2.13. The number of hydrogen-bond donors (Lipinski definition) is 2. The van der Waals surface area contributed by atoms with Gasteiger partial charge in [0.1, 0.15) is 0 Å². The third-order valence-corrected chi connectivity index (χ3v) is 5.30. The summed E-state index contributed by atoms with van der Waals surface area (Å²) in [4.78, 5) is 18.8. The molecule has 0 unspecified atom stereocenters. The maximum atomic E-state index is 13.2. The second-order valence-corrected chi connectivity index (χ2v) is 7.51. The molecule has 3 rings (SSSR count). The zero-order valence-electron chi connectivity index (χ0n) is 16.0. The number of likely N-dealkylation sites (N-methyl/N-ethyl adjacent to an activating group) is 1. The molecule has 134 valence electrons. The van der Waals surface area contributed by atoms with Crippen LogP contribution in [0.5, 0.6) is 0 Å². The van der Waals surface area contributed by atoms with Crippen molar-refractivity contribution in [1.82, 2.24) is 15.2 Å². The van der Waals surface area contributed by atoms with Crippen molar-refractivity contribution >= 4 is 25.3 Å². The van der Waals surface area contributed by atoms with Gasteiger partial charge in [0.15, 0.2) is 13.8 Å². The van der Waals surface area contributed by atoms with Crippen LogP contribution in [0.3, 0.4) is 0 Å². The highest BCUT2D eigenvalue weighted by atomic mass is 16.2. The van der Waals surface area contributed by atoms with Crippen molar-refractivity contribution in [2.24, 2.45) is 0 Å². The van der Waals surface area contributed by atoms with Gasteiger partial charge in [0.2, 0.25) is 5.91 Å². The fourth-order valence-electron chi connectivity index (χ4n) is 3.61. The van der Waals surface area contributed by atoms with Gasteiger partial charge in [0.05, 0.1) is 11.5 Å². The molecule has 1 saturated heterocycles. The molecule has 5 nitrogen and oxygen atoms in total. The molecule has 0 spiro atoms. The maximum Gasteiger partial charge on any atom is 0.239 e. The fourth-order valence-corrected chi connectivity index (χ4v) is 3.61. The monoisotopic (exact) mass is 348 g/mol. The predicted octanol–water partition coefficient (Wildman–Crippen LogP) is 1.46. The minimum atomic E-state index is -0.715. The molecule has 1 aromatic heterocycles. The van der Waals surface area contributed by atoms with Crippen LogP contribution in [0.2, 0.25) is 0 Å². The van der Waals surface area contributed by atoms with Crippen LogP contribution in [0, 0.1) is 5.41 Å². The number of aromatic nitrogens is 1. The van der Waals surface area contributed by atoms with Gasteiger partial charge >= 0.3 is 0 Å². The van der Waals surface area contributed by atoms with Crippen LogP contribution in [0.1, 0.15) is 49.3 Å². The van der Waals surface area contributed by atoms with Gasteiger partial charge in [-0.1, -0.05) is 38.1 Å². The number of amides is 1. The highest BCUT2D eigenvalue weighted by Crippen LogP contribution is 2.40. The molecule has 2 aromatic rings. The number of guanidine groups is 1. The Morgan fingerprint density at radius 3 is 2.50 bits per heavy atom. The zero-order chi connectivity index (χ0) is 19.1. The van der Waals surface area contributed by atoms with E-state index >= 15 is 0 Å². The highest BCUT2D eigenvalue weighted by molar-refractivity contribution is 6.30. The summed E-state index contributed by atoms with van der Waals surface area (Å²) in [5.74, 6) is 0.0453. The van der Waals surface area contributed by atoms with Crippen molar-refractivity contribution in [3.05, 3.63) is 59.3 Å². The zero-order valence-corrected chi connectivity index (χ0v) is 16.0. The average molecular weight is 348 g/mol. The van der Waals surface area contributed by atoms with Crippen molar-refractivity contribution in [2.75, 3.05) is 7.05 Å². The summed E-state index contributed by atoms with van der Waals surface area (Å²) in [5.41, 5.74) is 3.32. The predicted molar refractivity (Wildman–Crippen MR) is 107 cm³/mol. The smallest absolute Gasteiger partial charge is 0.239 e. The number of carbonyl (C=O) groups excluding carboxylic acids is 1. The van der Waals surface area contributed by atoms with E-state index in [1.807, 2.05) is 39.0 Å². The summed E-state index contributed by atoms with van der Waals surface area (Å²) in [7, 11) is 3.58. The molecule has 1 aliphatic rings. The molecule has 0 aliphatic carbocycles. The molecular weight excluding hydrogens is 323 g/mol. The Bertz CT molecular complexity index is 849. The van der Waals surface area contributed by atoms with E-state index in [1.165, 1.54) is 10.5 Å². The average Bonchev–Trinajstić information content (AvgIpc) is 2.60. The third-order valence-electron chi connectivity index (χ3n) is 5.30. The summed E-state index contributed by atoms with van der Waals surface area (Å²) in [6, 6.07) is 12.1. The van der Waals surface area contributed by atoms with E-state index in [4.69, 9.17) is 5.41 Å². The largest absolute Gasteiger partial charge is 0.346 e. The normalized spacial score (nSPS) is 23.3. The van der Waals surface area contributed by atoms with E-state index in [0.29, 0.717) is 5.92 Å². The SMILES string of the molecule is Bc1cc([C@@]2(C)NC(=N)N(C)C(=O)[C@@H]2c2ccc(C(C)C)cc2)ccn1. The number of pyridine rings is 1. The van der Waals surface area contributed by atoms with Crippen molar-refractivity contribution in [1.29, 1.82) is 5.41 Å². The van der Waals surface area contributed by atoms with Crippen LogP contribution < -0.4 is 10.9 Å². The molecule has 2 atom stereocenters. The van der Waals surface area contributed by atoms with Gasteiger partial charge in [-0.15, -0.1) is 0 Å². The number of carbonyl (C=O) groups is 1. The second-order valence-electron chi connectivity index (χ2n) is 7.51. The quantitative estimate of drug-likeness (QED) is 0.826. The molecule has 26 heavy (non-hydrogen) atoms. The van der Waals surface area contributed by atoms with Crippen molar-refractivity contribution in [2.45, 2.75) is 38.1 Å². The summed E-state index contributed by atoms with van der Waals surface area (Å²) in [5, 5.41) is 11.5. The van der Waals surface area contributed by atoms with Crippen molar-refractivity contribution in [3.63, 3.8) is 0 Å². The topological polar surface area (TPSA) is 69.1 Å². The van der Waals surface area contributed by atoms with Gasteiger partial charge in [-0.3, -0.25) is 20.1 Å². The molecule has 2 N–H and O–H groups in total. The van der Waals surface area contributed by atoms with Crippen LogP contribution in [0.25, 0.3) is 0 Å². The minimum Gasteiger partial charge on any atom is -0.346 e. The number of rotatable bonds is 3. The first kappa shape index (κ1) is 18.2. The molecule has 1 aromatic carbocycles. The number of benzene rings is 1. The van der Waals surface area contributed by atoms with Gasteiger partial charge in [-0.25, -0.2) is 0 Å². The molecule has 1 fully saturated rings. The molecule has 2 heterocycles. The summed E-state index contributed by atoms with van der Waals surface area (Å²) >= 11 is 0. The van der Waals surface area contributed by atoms with Crippen LogP contribution >= 0.6 is 0 Å². The van der Waals surface area contributed by atoms with Gasteiger partial charge in [-0.2, -0.15) is 0 Å². The summed E-state index contributed by atoms with van der Waals surface area (Å²) in [6.07, 6.45) is 1.75. The Labute approximate surface area is 155 Å². The Hall–Kier alpha value is -2.63. The van der Waals surface area contributed by atoms with Crippen LogP contribution in [-0.2, 0) is 10.3 Å². The standard InChI is InChI=1S/C20H25BN4O/c1-12(2)13-5-7-14(8-6-13)17-18(26)25(4)19(22)24-20(17,3)15-9-10-23-16(21)11-15/h5-12,17H,21H2,1-4H3,(H2,22,24)/t17-,20+/m0/s1. The lowest BCUT2D eigenvalue weighted by Crippen LogP contribution is -2.62. The molecule has 0 radical (unpaired) electrons. The van der Waals surface area contributed by atoms with Gasteiger partial charge in [0, 0.05) is 13.2 Å². The lowest BCUT2D eigenvalue weighted by atomic mass is 9.73. The van der Waals surface area contributed by atoms with Crippen LogP contribution in [-0.4, -0.2) is 36.6 Å². The number of hydrogen-bond acceptors (Lipinski definition) is 3. The second kappa shape index (κ2) is 6.59. The first-order valence-electron chi connectivity index (χ1n) is 8.91. The van der Waals surface area contributed by atoms with Crippen LogP contribution in [0.15, 0.2) is 42.6 Å². The van der Waals surface area contributed by atoms with E-state index in [0.717, 1.165) is 16.7 Å². The molecule has 1 aliphatic heterocycles. The maximum absolute atomic E-state index is 13.2. The minimum absolute atomic E-state index is 0.0805.